The van der Waals surface area contributed by atoms with Crippen LogP contribution in [0, 0.1) is 0 Å². The topological polar surface area (TPSA) is 50.8 Å². The molecule has 5 nitrogen and oxygen atoms in total. The number of nitrogens with one attached hydrogen (secondary N) is 1. The molecule has 0 aliphatic carbocycles. The fourth-order valence-electron chi connectivity index (χ4n) is 2.71. The van der Waals surface area contributed by atoms with E-state index in [-0.39, 0.29) is 12.0 Å². The van der Waals surface area contributed by atoms with Crippen LogP contribution in [0.5, 0.6) is 5.75 Å². The minimum absolute atomic E-state index is 0.0992. The van der Waals surface area contributed by atoms with E-state index in [1.54, 1.807) is 0 Å². The second kappa shape index (κ2) is 6.91. The average molecular weight is 290 g/mol. The van der Waals surface area contributed by atoms with Crippen LogP contribution in [-0.2, 0) is 4.74 Å². The van der Waals surface area contributed by atoms with Crippen LogP contribution in [0.15, 0.2) is 24.3 Å². The van der Waals surface area contributed by atoms with Gasteiger partial charge in [0.2, 0.25) is 0 Å². The zero-order chi connectivity index (χ0) is 14.5. The summed E-state index contributed by atoms with van der Waals surface area (Å²) in [6, 6.07) is 7.42. The maximum atomic E-state index is 12.3. The zero-order valence-electron chi connectivity index (χ0n) is 12.2. The summed E-state index contributed by atoms with van der Waals surface area (Å²) in [5.41, 5.74) is 0.723. The summed E-state index contributed by atoms with van der Waals surface area (Å²) in [6.07, 6.45) is 2.40. The van der Waals surface area contributed by atoms with Gasteiger partial charge >= 0.3 is 0 Å². The van der Waals surface area contributed by atoms with E-state index in [1.807, 2.05) is 29.2 Å². The first-order chi connectivity index (χ1) is 10.3. The van der Waals surface area contributed by atoms with Crippen LogP contribution in [0.25, 0.3) is 0 Å². The van der Waals surface area contributed by atoms with Crippen LogP contribution in [0.1, 0.15) is 23.2 Å². The number of hydrogen-bond donors (Lipinski definition) is 1. The molecule has 0 bridgehead atoms. The van der Waals surface area contributed by atoms with Crippen molar-refractivity contribution < 1.29 is 14.3 Å². The maximum absolute atomic E-state index is 12.3. The molecule has 21 heavy (non-hydrogen) atoms. The van der Waals surface area contributed by atoms with Crippen molar-refractivity contribution in [2.45, 2.75) is 18.9 Å². The zero-order valence-corrected chi connectivity index (χ0v) is 12.2. The van der Waals surface area contributed by atoms with Gasteiger partial charge in [-0.25, -0.2) is 0 Å². The van der Waals surface area contributed by atoms with Gasteiger partial charge in [-0.3, -0.25) is 4.79 Å². The van der Waals surface area contributed by atoms with Crippen molar-refractivity contribution in [3.05, 3.63) is 29.8 Å². The van der Waals surface area contributed by atoms with E-state index in [0.717, 1.165) is 56.9 Å². The van der Waals surface area contributed by atoms with Crippen molar-refractivity contribution in [2.75, 3.05) is 39.4 Å². The summed E-state index contributed by atoms with van der Waals surface area (Å²) >= 11 is 0. The Labute approximate surface area is 125 Å². The molecule has 1 unspecified atom stereocenters. The van der Waals surface area contributed by atoms with E-state index in [9.17, 15) is 4.79 Å². The highest BCUT2D eigenvalue weighted by Gasteiger charge is 2.18. The quantitative estimate of drug-likeness (QED) is 0.908. The minimum Gasteiger partial charge on any atom is -0.491 e. The lowest BCUT2D eigenvalue weighted by molar-refractivity contribution is 0.0678. The Balaban J connectivity index is 1.54. The van der Waals surface area contributed by atoms with Gasteiger partial charge in [0, 0.05) is 38.3 Å². The SMILES string of the molecule is O=C(c1ccc(OCC2CCCO2)cc1)N1CCNCC1. The minimum atomic E-state index is 0.0992. The molecule has 2 heterocycles. The van der Waals surface area contributed by atoms with Gasteiger partial charge in [-0.1, -0.05) is 0 Å². The van der Waals surface area contributed by atoms with E-state index in [2.05, 4.69) is 5.32 Å². The van der Waals surface area contributed by atoms with Gasteiger partial charge in [0.05, 0.1) is 6.10 Å². The van der Waals surface area contributed by atoms with Crippen molar-refractivity contribution in [1.82, 2.24) is 10.2 Å². The van der Waals surface area contributed by atoms with Gasteiger partial charge < -0.3 is 19.7 Å². The number of ether oxygens (including phenoxy) is 2. The summed E-state index contributed by atoms with van der Waals surface area (Å²) < 4.78 is 11.2. The highest BCUT2D eigenvalue weighted by atomic mass is 16.5. The molecule has 0 aromatic heterocycles. The van der Waals surface area contributed by atoms with E-state index >= 15 is 0 Å². The third-order valence-electron chi connectivity index (χ3n) is 3.97. The normalized spacial score (nSPS) is 22.3. The van der Waals surface area contributed by atoms with Gasteiger partial charge in [0.1, 0.15) is 12.4 Å². The standard InChI is InChI=1S/C16H22N2O3/c19-16(18-9-7-17-8-10-18)13-3-5-14(6-4-13)21-12-15-2-1-11-20-15/h3-6,15,17H,1-2,7-12H2. The molecule has 1 amide bonds. The van der Waals surface area contributed by atoms with Crippen LogP contribution in [-0.4, -0.2) is 56.3 Å². The fraction of sp³-hybridized carbons (Fsp3) is 0.562. The van der Waals surface area contributed by atoms with E-state index in [1.165, 1.54) is 0 Å². The summed E-state index contributed by atoms with van der Waals surface area (Å²) in [5.74, 6) is 0.893. The molecule has 1 aromatic rings. The number of hydrogen-bond acceptors (Lipinski definition) is 4. The predicted octanol–water partition coefficient (Wildman–Crippen LogP) is 1.29. The lowest BCUT2D eigenvalue weighted by Gasteiger charge is -2.27. The molecule has 2 aliphatic rings. The molecule has 2 aliphatic heterocycles. The molecule has 3 rings (SSSR count). The highest BCUT2D eigenvalue weighted by molar-refractivity contribution is 5.94. The second-order valence-electron chi connectivity index (χ2n) is 5.51. The Kier molecular flexibility index (Phi) is 4.72. The second-order valence-corrected chi connectivity index (χ2v) is 5.51. The van der Waals surface area contributed by atoms with Crippen molar-refractivity contribution in [3.63, 3.8) is 0 Å². The fourth-order valence-corrected chi connectivity index (χ4v) is 2.71. The molecule has 0 saturated carbocycles. The first kappa shape index (κ1) is 14.4. The number of nitrogens with zero attached hydrogens (tertiary/aromatic N) is 1. The van der Waals surface area contributed by atoms with Crippen molar-refractivity contribution in [3.8, 4) is 5.75 Å². The first-order valence-corrected chi connectivity index (χ1v) is 7.67. The maximum Gasteiger partial charge on any atom is 0.253 e. The van der Waals surface area contributed by atoms with Gasteiger partial charge in [-0.15, -0.1) is 0 Å². The Bertz CT molecular complexity index is 463. The number of carbonyl (C=O) groups excluding carboxylic acids is 1. The Hall–Kier alpha value is -1.59. The Morgan fingerprint density at radius 3 is 2.71 bits per heavy atom. The number of carbonyl (C=O) groups is 1. The number of piperazine rings is 1. The van der Waals surface area contributed by atoms with Crippen LogP contribution < -0.4 is 10.1 Å². The smallest absolute Gasteiger partial charge is 0.253 e. The van der Waals surface area contributed by atoms with Crippen molar-refractivity contribution in [1.29, 1.82) is 0 Å². The third kappa shape index (κ3) is 3.74. The predicted molar refractivity (Wildman–Crippen MR) is 79.7 cm³/mol. The third-order valence-corrected chi connectivity index (χ3v) is 3.97. The molecule has 1 atom stereocenters. The number of benzene rings is 1. The van der Waals surface area contributed by atoms with E-state index in [4.69, 9.17) is 9.47 Å². The van der Waals surface area contributed by atoms with Crippen molar-refractivity contribution >= 4 is 5.91 Å². The van der Waals surface area contributed by atoms with Crippen molar-refractivity contribution in [2.24, 2.45) is 0 Å². The van der Waals surface area contributed by atoms with Crippen LogP contribution in [0.4, 0.5) is 0 Å². The van der Waals surface area contributed by atoms with Crippen LogP contribution in [0.2, 0.25) is 0 Å². The molecule has 2 saturated heterocycles. The molecule has 1 N–H and O–H groups in total. The summed E-state index contributed by atoms with van der Waals surface area (Å²) in [6.45, 7) is 4.71. The summed E-state index contributed by atoms with van der Waals surface area (Å²) in [7, 11) is 0. The lowest BCUT2D eigenvalue weighted by atomic mass is 10.2. The molecule has 0 spiro atoms. The Morgan fingerprint density at radius 2 is 2.05 bits per heavy atom. The molecular weight excluding hydrogens is 268 g/mol. The molecular formula is C16H22N2O3. The Morgan fingerprint density at radius 1 is 1.29 bits per heavy atom. The molecule has 0 radical (unpaired) electrons. The number of rotatable bonds is 4. The summed E-state index contributed by atoms with van der Waals surface area (Å²) in [5, 5.41) is 3.25. The largest absolute Gasteiger partial charge is 0.491 e. The average Bonchev–Trinajstić information content (AvgIpc) is 3.07. The summed E-state index contributed by atoms with van der Waals surface area (Å²) in [4.78, 5) is 14.2. The van der Waals surface area contributed by atoms with Gasteiger partial charge in [-0.05, 0) is 37.1 Å². The first-order valence-electron chi connectivity index (χ1n) is 7.67. The monoisotopic (exact) mass is 290 g/mol. The number of amides is 1. The van der Waals surface area contributed by atoms with E-state index in [0.29, 0.717) is 6.61 Å². The van der Waals surface area contributed by atoms with Crippen LogP contribution >= 0.6 is 0 Å². The molecule has 2 fully saturated rings. The molecule has 114 valence electrons. The van der Waals surface area contributed by atoms with Crippen LogP contribution in [0.3, 0.4) is 0 Å². The van der Waals surface area contributed by atoms with Gasteiger partial charge in [0.15, 0.2) is 0 Å². The highest BCUT2D eigenvalue weighted by Crippen LogP contribution is 2.17. The molecule has 5 heteroatoms. The lowest BCUT2D eigenvalue weighted by Crippen LogP contribution is -2.46. The van der Waals surface area contributed by atoms with Gasteiger partial charge in [-0.2, -0.15) is 0 Å². The van der Waals surface area contributed by atoms with E-state index < -0.39 is 0 Å². The van der Waals surface area contributed by atoms with Gasteiger partial charge in [0.25, 0.3) is 5.91 Å². The molecule has 1 aromatic carbocycles.